The molecular weight excluding hydrogens is 292 g/mol. The van der Waals surface area contributed by atoms with E-state index in [0.717, 1.165) is 19.4 Å². The molecule has 0 aliphatic rings. The van der Waals surface area contributed by atoms with Crippen molar-refractivity contribution in [2.75, 3.05) is 12.3 Å². The normalized spacial score (nSPS) is 13.8. The van der Waals surface area contributed by atoms with Crippen molar-refractivity contribution in [3.63, 3.8) is 0 Å². The molecule has 0 aliphatic heterocycles. The lowest BCUT2D eigenvalue weighted by Crippen LogP contribution is -2.35. The van der Waals surface area contributed by atoms with Crippen LogP contribution in [0.25, 0.3) is 0 Å². The summed E-state index contributed by atoms with van der Waals surface area (Å²) in [4.78, 5) is 1.21. The van der Waals surface area contributed by atoms with Crippen molar-refractivity contribution in [3.8, 4) is 0 Å². The molecule has 20 heavy (non-hydrogen) atoms. The summed E-state index contributed by atoms with van der Waals surface area (Å²) in [6.45, 7) is 6.96. The first-order chi connectivity index (χ1) is 9.39. The zero-order chi connectivity index (χ0) is 15.0. The minimum Gasteiger partial charge on any atom is -0.315 e. The van der Waals surface area contributed by atoms with Gasteiger partial charge in [0, 0.05) is 17.0 Å². The Labute approximate surface area is 127 Å². The molecule has 1 heterocycles. The van der Waals surface area contributed by atoms with Crippen LogP contribution in [0.3, 0.4) is 0 Å². The zero-order valence-electron chi connectivity index (χ0n) is 12.6. The molecule has 0 fully saturated rings. The molecule has 1 rings (SSSR count). The summed E-state index contributed by atoms with van der Waals surface area (Å²) in [5.74, 6) is 0.210. The molecule has 0 aliphatic carbocycles. The Morgan fingerprint density at radius 3 is 2.60 bits per heavy atom. The molecule has 4 nitrogen and oxygen atoms in total. The third-order valence-corrected chi connectivity index (χ3v) is 5.35. The van der Waals surface area contributed by atoms with Gasteiger partial charge in [-0.3, -0.25) is 0 Å². The second-order valence-electron chi connectivity index (χ2n) is 5.44. The summed E-state index contributed by atoms with van der Waals surface area (Å²) < 4.78 is 26.6. The van der Waals surface area contributed by atoms with Crippen LogP contribution in [0.1, 0.15) is 38.5 Å². The van der Waals surface area contributed by atoms with Crippen LogP contribution in [-0.2, 0) is 16.4 Å². The van der Waals surface area contributed by atoms with Gasteiger partial charge in [0.25, 0.3) is 0 Å². The first kappa shape index (κ1) is 17.6. The van der Waals surface area contributed by atoms with E-state index in [1.807, 2.05) is 24.4 Å². The average molecular weight is 319 g/mol. The molecule has 0 amide bonds. The van der Waals surface area contributed by atoms with Gasteiger partial charge in [-0.2, -0.15) is 0 Å². The van der Waals surface area contributed by atoms with Gasteiger partial charge in [-0.25, -0.2) is 13.1 Å². The molecule has 1 unspecified atom stereocenters. The van der Waals surface area contributed by atoms with E-state index in [1.54, 1.807) is 11.3 Å². The standard InChI is InChI=1S/C14H26N2O2S2/c1-12(2)15-8-4-5-10-20(17,18)16-13(3)11-14-7-6-9-19-14/h6-7,9,12-13,15-16H,4-5,8,10-11H2,1-3H3. The highest BCUT2D eigenvalue weighted by atomic mass is 32.2. The summed E-state index contributed by atoms with van der Waals surface area (Å²) >= 11 is 1.66. The summed E-state index contributed by atoms with van der Waals surface area (Å²) in [5.41, 5.74) is 0. The van der Waals surface area contributed by atoms with Crippen LogP contribution in [0.2, 0.25) is 0 Å². The van der Waals surface area contributed by atoms with E-state index in [1.165, 1.54) is 4.88 Å². The van der Waals surface area contributed by atoms with Crippen molar-refractivity contribution in [1.82, 2.24) is 10.0 Å². The van der Waals surface area contributed by atoms with Gasteiger partial charge in [-0.15, -0.1) is 11.3 Å². The van der Waals surface area contributed by atoms with Gasteiger partial charge in [0.1, 0.15) is 0 Å². The number of hydrogen-bond donors (Lipinski definition) is 2. The Kier molecular flexibility index (Phi) is 7.72. The molecule has 0 saturated carbocycles. The van der Waals surface area contributed by atoms with Gasteiger partial charge in [0.2, 0.25) is 10.0 Å². The van der Waals surface area contributed by atoms with Crippen molar-refractivity contribution >= 4 is 21.4 Å². The predicted octanol–water partition coefficient (Wildman–Crippen LogP) is 2.38. The third-order valence-electron chi connectivity index (χ3n) is 2.86. The smallest absolute Gasteiger partial charge is 0.211 e. The Morgan fingerprint density at radius 1 is 1.25 bits per heavy atom. The maximum atomic E-state index is 11.9. The Balaban J connectivity index is 2.23. The van der Waals surface area contributed by atoms with E-state index in [4.69, 9.17) is 0 Å². The predicted molar refractivity (Wildman–Crippen MR) is 86.8 cm³/mol. The monoisotopic (exact) mass is 318 g/mol. The van der Waals surface area contributed by atoms with Gasteiger partial charge in [0.15, 0.2) is 0 Å². The molecule has 2 N–H and O–H groups in total. The number of thiophene rings is 1. The maximum absolute atomic E-state index is 11.9. The molecule has 0 bridgehead atoms. The van der Waals surface area contributed by atoms with Gasteiger partial charge in [-0.1, -0.05) is 19.9 Å². The molecule has 0 spiro atoms. The third kappa shape index (κ3) is 7.99. The van der Waals surface area contributed by atoms with Crippen molar-refractivity contribution in [2.24, 2.45) is 0 Å². The van der Waals surface area contributed by atoms with Crippen LogP contribution in [0.4, 0.5) is 0 Å². The molecular formula is C14H26N2O2S2. The lowest BCUT2D eigenvalue weighted by molar-refractivity contribution is 0.546. The fourth-order valence-corrected chi connectivity index (χ4v) is 4.18. The van der Waals surface area contributed by atoms with E-state index in [0.29, 0.717) is 12.5 Å². The number of sulfonamides is 1. The van der Waals surface area contributed by atoms with Gasteiger partial charge >= 0.3 is 0 Å². The lowest BCUT2D eigenvalue weighted by Gasteiger charge is -2.13. The Hall–Kier alpha value is -0.430. The van der Waals surface area contributed by atoms with Crippen molar-refractivity contribution in [1.29, 1.82) is 0 Å². The van der Waals surface area contributed by atoms with E-state index in [-0.39, 0.29) is 11.8 Å². The van der Waals surface area contributed by atoms with Gasteiger partial charge in [0.05, 0.1) is 5.75 Å². The van der Waals surface area contributed by atoms with E-state index >= 15 is 0 Å². The van der Waals surface area contributed by atoms with Crippen molar-refractivity contribution < 1.29 is 8.42 Å². The number of rotatable bonds is 10. The van der Waals surface area contributed by atoms with Crippen LogP contribution in [0.5, 0.6) is 0 Å². The number of hydrogen-bond acceptors (Lipinski definition) is 4. The van der Waals surface area contributed by atoms with Crippen LogP contribution < -0.4 is 10.0 Å². The molecule has 1 aromatic rings. The number of nitrogens with one attached hydrogen (secondary N) is 2. The first-order valence-electron chi connectivity index (χ1n) is 7.15. The molecule has 1 aromatic heterocycles. The minimum atomic E-state index is -3.16. The molecule has 116 valence electrons. The largest absolute Gasteiger partial charge is 0.315 e. The maximum Gasteiger partial charge on any atom is 0.211 e. The SMILES string of the molecule is CC(C)NCCCCS(=O)(=O)NC(C)Cc1cccs1. The van der Waals surface area contributed by atoms with E-state index in [9.17, 15) is 8.42 Å². The minimum absolute atomic E-state index is 0.0487. The fraction of sp³-hybridized carbons (Fsp3) is 0.714. The van der Waals surface area contributed by atoms with Crippen LogP contribution in [0.15, 0.2) is 17.5 Å². The van der Waals surface area contributed by atoms with Crippen molar-refractivity contribution in [3.05, 3.63) is 22.4 Å². The Morgan fingerprint density at radius 2 is 2.00 bits per heavy atom. The van der Waals surface area contributed by atoms with Gasteiger partial charge < -0.3 is 5.32 Å². The van der Waals surface area contributed by atoms with E-state index < -0.39 is 10.0 Å². The molecule has 1 atom stereocenters. The second-order valence-corrected chi connectivity index (χ2v) is 8.34. The fourth-order valence-electron chi connectivity index (χ4n) is 1.95. The molecule has 0 saturated heterocycles. The number of unbranched alkanes of at least 4 members (excludes halogenated alkanes) is 1. The summed E-state index contributed by atoms with van der Waals surface area (Å²) in [6.07, 6.45) is 2.34. The zero-order valence-corrected chi connectivity index (χ0v) is 14.2. The highest BCUT2D eigenvalue weighted by Crippen LogP contribution is 2.11. The lowest BCUT2D eigenvalue weighted by atomic mass is 10.2. The quantitative estimate of drug-likeness (QED) is 0.651. The summed E-state index contributed by atoms with van der Waals surface area (Å²) in [5, 5.41) is 5.30. The highest BCUT2D eigenvalue weighted by molar-refractivity contribution is 7.89. The molecule has 6 heteroatoms. The summed E-state index contributed by atoms with van der Waals surface area (Å²) in [6, 6.07) is 4.43. The first-order valence-corrected chi connectivity index (χ1v) is 9.68. The second kappa shape index (κ2) is 8.77. The topological polar surface area (TPSA) is 58.2 Å². The van der Waals surface area contributed by atoms with Crippen LogP contribution in [-0.4, -0.2) is 32.8 Å². The summed E-state index contributed by atoms with van der Waals surface area (Å²) in [7, 11) is -3.16. The molecule has 0 aromatic carbocycles. The average Bonchev–Trinajstić information content (AvgIpc) is 2.79. The van der Waals surface area contributed by atoms with Gasteiger partial charge in [-0.05, 0) is 44.2 Å². The highest BCUT2D eigenvalue weighted by Gasteiger charge is 2.14. The Bertz CT molecular complexity index is 456. The van der Waals surface area contributed by atoms with E-state index in [2.05, 4.69) is 23.9 Å². The molecule has 0 radical (unpaired) electrons. The van der Waals surface area contributed by atoms with Crippen LogP contribution in [0, 0.1) is 0 Å². The van der Waals surface area contributed by atoms with Crippen LogP contribution >= 0.6 is 11.3 Å². The van der Waals surface area contributed by atoms with Crippen molar-refractivity contribution in [2.45, 2.75) is 52.1 Å².